The maximum Gasteiger partial charge on any atom is 0.0651 e. The Balaban J connectivity index is 2.24. The molecule has 17 heavy (non-hydrogen) atoms. The molecule has 100 valence electrons. The van der Waals surface area contributed by atoms with E-state index >= 15 is 0 Å². The standard InChI is InChI=1S/C15H28O2/c1-5-14(4)8-10-9-15(6-2,7-3)13(17)11(10)12(14)16/h10-13,16-17H,5-9H2,1-4H3/t10?,11?,12?,13?,14-/m1/s1. The van der Waals surface area contributed by atoms with Crippen molar-refractivity contribution in [3.63, 3.8) is 0 Å². The van der Waals surface area contributed by atoms with Gasteiger partial charge < -0.3 is 10.2 Å². The molecule has 2 aliphatic rings. The third-order valence-corrected chi connectivity index (χ3v) is 6.23. The Morgan fingerprint density at radius 3 is 1.94 bits per heavy atom. The lowest BCUT2D eigenvalue weighted by Gasteiger charge is -2.37. The minimum Gasteiger partial charge on any atom is -0.392 e. The molecular formula is C15H28O2. The molecule has 0 aliphatic heterocycles. The van der Waals surface area contributed by atoms with Gasteiger partial charge in [-0.3, -0.25) is 0 Å². The third kappa shape index (κ3) is 1.67. The van der Waals surface area contributed by atoms with E-state index in [2.05, 4.69) is 27.7 Å². The van der Waals surface area contributed by atoms with Gasteiger partial charge in [-0.2, -0.15) is 0 Å². The molecule has 0 spiro atoms. The van der Waals surface area contributed by atoms with E-state index in [0.717, 1.165) is 32.1 Å². The van der Waals surface area contributed by atoms with Crippen LogP contribution in [0.1, 0.15) is 59.8 Å². The van der Waals surface area contributed by atoms with Gasteiger partial charge in [0, 0.05) is 5.92 Å². The summed E-state index contributed by atoms with van der Waals surface area (Å²) >= 11 is 0. The summed E-state index contributed by atoms with van der Waals surface area (Å²) < 4.78 is 0. The molecule has 0 saturated heterocycles. The highest BCUT2D eigenvalue weighted by Crippen LogP contribution is 2.61. The normalized spacial score (nSPS) is 48.4. The molecule has 2 fully saturated rings. The molecule has 0 aromatic rings. The lowest BCUT2D eigenvalue weighted by molar-refractivity contribution is -0.0526. The fourth-order valence-electron chi connectivity index (χ4n) is 4.58. The van der Waals surface area contributed by atoms with Crippen LogP contribution >= 0.6 is 0 Å². The minimum atomic E-state index is -0.313. The van der Waals surface area contributed by atoms with Gasteiger partial charge in [-0.15, -0.1) is 0 Å². The van der Waals surface area contributed by atoms with Crippen molar-refractivity contribution in [3.05, 3.63) is 0 Å². The Hall–Kier alpha value is -0.0800. The summed E-state index contributed by atoms with van der Waals surface area (Å²) in [5, 5.41) is 21.2. The maximum absolute atomic E-state index is 10.6. The smallest absolute Gasteiger partial charge is 0.0651 e. The number of aliphatic hydroxyl groups excluding tert-OH is 2. The van der Waals surface area contributed by atoms with E-state index in [1.165, 1.54) is 0 Å². The van der Waals surface area contributed by atoms with Crippen LogP contribution in [-0.2, 0) is 0 Å². The van der Waals surface area contributed by atoms with Crippen LogP contribution in [0.3, 0.4) is 0 Å². The Bertz CT molecular complexity index is 285. The molecule has 0 radical (unpaired) electrons. The van der Waals surface area contributed by atoms with Crippen LogP contribution in [0.15, 0.2) is 0 Å². The molecule has 2 N–H and O–H groups in total. The van der Waals surface area contributed by atoms with Gasteiger partial charge in [0.25, 0.3) is 0 Å². The molecule has 2 nitrogen and oxygen atoms in total. The van der Waals surface area contributed by atoms with Crippen molar-refractivity contribution in [1.29, 1.82) is 0 Å². The SMILES string of the molecule is CCC1(CC)CC2C[C@@](C)(CC)C(O)C2C1O. The summed E-state index contributed by atoms with van der Waals surface area (Å²) in [6, 6.07) is 0. The Morgan fingerprint density at radius 2 is 1.53 bits per heavy atom. The van der Waals surface area contributed by atoms with Crippen molar-refractivity contribution in [2.24, 2.45) is 22.7 Å². The first kappa shape index (κ1) is 13.4. The lowest BCUT2D eigenvalue weighted by atomic mass is 9.72. The quantitative estimate of drug-likeness (QED) is 0.796. The van der Waals surface area contributed by atoms with E-state index in [1.54, 1.807) is 0 Å². The summed E-state index contributed by atoms with van der Waals surface area (Å²) in [6.07, 6.45) is 4.67. The summed E-state index contributed by atoms with van der Waals surface area (Å²) in [5.74, 6) is 0.657. The molecule has 2 rings (SSSR count). The summed E-state index contributed by atoms with van der Waals surface area (Å²) in [6.45, 7) is 8.70. The van der Waals surface area contributed by atoms with Gasteiger partial charge in [0.05, 0.1) is 12.2 Å². The largest absolute Gasteiger partial charge is 0.392 e. The van der Waals surface area contributed by atoms with Crippen LogP contribution in [0.4, 0.5) is 0 Å². The molecule has 2 aliphatic carbocycles. The van der Waals surface area contributed by atoms with Crippen molar-refractivity contribution in [3.8, 4) is 0 Å². The Morgan fingerprint density at radius 1 is 0.941 bits per heavy atom. The maximum atomic E-state index is 10.6. The number of hydrogen-bond donors (Lipinski definition) is 2. The first-order chi connectivity index (χ1) is 7.94. The van der Waals surface area contributed by atoms with E-state index < -0.39 is 0 Å². The van der Waals surface area contributed by atoms with Gasteiger partial charge >= 0.3 is 0 Å². The molecule has 0 aromatic carbocycles. The van der Waals surface area contributed by atoms with Crippen molar-refractivity contribution in [2.75, 3.05) is 0 Å². The van der Waals surface area contributed by atoms with Crippen LogP contribution in [0, 0.1) is 22.7 Å². The number of hydrogen-bond acceptors (Lipinski definition) is 2. The van der Waals surface area contributed by atoms with E-state index in [-0.39, 0.29) is 29.0 Å². The topological polar surface area (TPSA) is 40.5 Å². The van der Waals surface area contributed by atoms with Gasteiger partial charge in [-0.05, 0) is 48.9 Å². The van der Waals surface area contributed by atoms with Gasteiger partial charge in [-0.25, -0.2) is 0 Å². The zero-order valence-electron chi connectivity index (χ0n) is 11.7. The van der Waals surface area contributed by atoms with Crippen molar-refractivity contribution in [2.45, 2.75) is 72.0 Å². The molecule has 0 bridgehead atoms. The Labute approximate surface area is 105 Å². The predicted molar refractivity (Wildman–Crippen MR) is 69.6 cm³/mol. The van der Waals surface area contributed by atoms with E-state index in [9.17, 15) is 10.2 Å². The highest BCUT2D eigenvalue weighted by molar-refractivity contribution is 5.10. The molecule has 2 heteroatoms. The van der Waals surface area contributed by atoms with Crippen LogP contribution in [0.25, 0.3) is 0 Å². The van der Waals surface area contributed by atoms with Gasteiger partial charge in [0.2, 0.25) is 0 Å². The van der Waals surface area contributed by atoms with Crippen molar-refractivity contribution in [1.82, 2.24) is 0 Å². The van der Waals surface area contributed by atoms with Crippen molar-refractivity contribution < 1.29 is 10.2 Å². The van der Waals surface area contributed by atoms with Crippen LogP contribution in [0.5, 0.6) is 0 Å². The second kappa shape index (κ2) is 4.24. The first-order valence-corrected chi connectivity index (χ1v) is 7.30. The molecular weight excluding hydrogens is 212 g/mol. The highest BCUT2D eigenvalue weighted by Gasteiger charge is 2.61. The third-order valence-electron chi connectivity index (χ3n) is 6.23. The number of rotatable bonds is 3. The summed E-state index contributed by atoms with van der Waals surface area (Å²) in [4.78, 5) is 0. The second-order valence-corrected chi connectivity index (χ2v) is 6.71. The molecule has 0 amide bonds. The average Bonchev–Trinajstić information content (AvgIpc) is 2.74. The molecule has 2 saturated carbocycles. The van der Waals surface area contributed by atoms with Crippen LogP contribution in [0.2, 0.25) is 0 Å². The summed E-state index contributed by atoms with van der Waals surface area (Å²) in [7, 11) is 0. The fraction of sp³-hybridized carbons (Fsp3) is 1.00. The fourth-order valence-corrected chi connectivity index (χ4v) is 4.58. The monoisotopic (exact) mass is 240 g/mol. The first-order valence-electron chi connectivity index (χ1n) is 7.30. The number of fused-ring (bicyclic) bond motifs is 1. The van der Waals surface area contributed by atoms with Crippen LogP contribution < -0.4 is 0 Å². The number of aliphatic hydroxyl groups is 2. The average molecular weight is 240 g/mol. The Kier molecular flexibility index (Phi) is 3.33. The van der Waals surface area contributed by atoms with Gasteiger partial charge in [-0.1, -0.05) is 27.7 Å². The molecule has 0 aromatic heterocycles. The zero-order valence-corrected chi connectivity index (χ0v) is 11.7. The van der Waals surface area contributed by atoms with E-state index in [0.29, 0.717) is 5.92 Å². The van der Waals surface area contributed by atoms with Crippen LogP contribution in [-0.4, -0.2) is 22.4 Å². The second-order valence-electron chi connectivity index (χ2n) is 6.71. The molecule has 4 unspecified atom stereocenters. The van der Waals surface area contributed by atoms with E-state index in [4.69, 9.17) is 0 Å². The van der Waals surface area contributed by atoms with Crippen molar-refractivity contribution >= 4 is 0 Å². The zero-order chi connectivity index (χ0) is 12.8. The van der Waals surface area contributed by atoms with E-state index in [1.807, 2.05) is 0 Å². The summed E-state index contributed by atoms with van der Waals surface area (Å²) in [5.41, 5.74) is 0.106. The molecule has 5 atom stereocenters. The predicted octanol–water partition coefficient (Wildman–Crippen LogP) is 2.97. The van der Waals surface area contributed by atoms with Gasteiger partial charge in [0.1, 0.15) is 0 Å². The van der Waals surface area contributed by atoms with Gasteiger partial charge in [0.15, 0.2) is 0 Å². The lowest BCUT2D eigenvalue weighted by Crippen LogP contribution is -2.41. The molecule has 0 heterocycles. The minimum absolute atomic E-state index is 0.0317. The highest BCUT2D eigenvalue weighted by atomic mass is 16.3.